The first-order valence-electron chi connectivity index (χ1n) is 5.55. The predicted molar refractivity (Wildman–Crippen MR) is 77.7 cm³/mol. The van der Waals surface area contributed by atoms with Gasteiger partial charge in [0, 0.05) is 11.6 Å². The molecule has 1 rings (SSSR count). The van der Waals surface area contributed by atoms with Gasteiger partial charge in [-0.25, -0.2) is 0 Å². The standard InChI is InChI=1S/C12H16ClN3S/c1-2-3-7-14-12(17)16-15-9-10-5-4-6-11(13)8-10/h4-6,8-9H,2-3,7H2,1H3,(H2,14,16,17)/b15-9-. The molecular formula is C12H16ClN3S. The van der Waals surface area contributed by atoms with Gasteiger partial charge >= 0.3 is 0 Å². The zero-order valence-electron chi connectivity index (χ0n) is 9.74. The van der Waals surface area contributed by atoms with E-state index in [2.05, 4.69) is 22.8 Å². The smallest absolute Gasteiger partial charge is 0.186 e. The molecule has 0 aromatic heterocycles. The zero-order chi connectivity index (χ0) is 12.5. The topological polar surface area (TPSA) is 36.4 Å². The van der Waals surface area contributed by atoms with Crippen molar-refractivity contribution >= 4 is 35.1 Å². The van der Waals surface area contributed by atoms with Gasteiger partial charge < -0.3 is 5.32 Å². The highest BCUT2D eigenvalue weighted by Crippen LogP contribution is 2.08. The molecule has 0 fully saturated rings. The van der Waals surface area contributed by atoms with Gasteiger partial charge in [-0.15, -0.1) is 0 Å². The lowest BCUT2D eigenvalue weighted by Crippen LogP contribution is -2.32. The molecule has 1 aromatic rings. The Hall–Kier alpha value is -1.13. The Bertz CT molecular complexity index is 393. The lowest BCUT2D eigenvalue weighted by Gasteiger charge is -2.05. The number of nitrogens with zero attached hydrogens (tertiary/aromatic N) is 1. The van der Waals surface area contributed by atoms with Crippen LogP contribution in [0.4, 0.5) is 0 Å². The molecule has 3 nitrogen and oxygen atoms in total. The molecule has 0 saturated carbocycles. The van der Waals surface area contributed by atoms with Crippen molar-refractivity contribution in [1.29, 1.82) is 0 Å². The van der Waals surface area contributed by atoms with Crippen LogP contribution in [0.1, 0.15) is 25.3 Å². The van der Waals surface area contributed by atoms with Crippen LogP contribution in [0.3, 0.4) is 0 Å². The first-order valence-corrected chi connectivity index (χ1v) is 6.33. The van der Waals surface area contributed by atoms with Crippen LogP contribution >= 0.6 is 23.8 Å². The minimum atomic E-state index is 0.539. The zero-order valence-corrected chi connectivity index (χ0v) is 11.3. The SMILES string of the molecule is CCCCNC(=S)N/N=C\c1cccc(Cl)c1. The number of hydrazone groups is 1. The summed E-state index contributed by atoms with van der Waals surface area (Å²) in [5.74, 6) is 0. The summed E-state index contributed by atoms with van der Waals surface area (Å²) in [5, 5.41) is 8.32. The molecule has 0 amide bonds. The second kappa shape index (κ2) is 8.03. The van der Waals surface area contributed by atoms with Crippen LogP contribution in [-0.4, -0.2) is 17.9 Å². The van der Waals surface area contributed by atoms with E-state index in [0.717, 1.165) is 24.9 Å². The van der Waals surface area contributed by atoms with Crippen LogP contribution < -0.4 is 10.7 Å². The summed E-state index contributed by atoms with van der Waals surface area (Å²) in [6.45, 7) is 3.00. The average Bonchev–Trinajstić information content (AvgIpc) is 2.29. The van der Waals surface area contributed by atoms with Crippen LogP contribution in [0.15, 0.2) is 29.4 Å². The third-order valence-electron chi connectivity index (χ3n) is 2.04. The number of unbranched alkanes of at least 4 members (excludes halogenated alkanes) is 1. The normalized spacial score (nSPS) is 10.5. The maximum atomic E-state index is 5.85. The van der Waals surface area contributed by atoms with E-state index in [1.54, 1.807) is 6.21 Å². The van der Waals surface area contributed by atoms with E-state index in [0.29, 0.717) is 10.1 Å². The van der Waals surface area contributed by atoms with Crippen molar-refractivity contribution in [2.24, 2.45) is 5.10 Å². The van der Waals surface area contributed by atoms with Crippen molar-refractivity contribution in [2.75, 3.05) is 6.54 Å². The number of benzene rings is 1. The second-order valence-electron chi connectivity index (χ2n) is 3.53. The largest absolute Gasteiger partial charge is 0.361 e. The molecule has 0 aliphatic heterocycles. The average molecular weight is 270 g/mol. The Labute approximate surface area is 112 Å². The summed E-state index contributed by atoms with van der Waals surface area (Å²) < 4.78 is 0. The fourth-order valence-electron chi connectivity index (χ4n) is 1.17. The molecule has 0 saturated heterocycles. The Kier molecular flexibility index (Phi) is 6.58. The van der Waals surface area contributed by atoms with Crippen LogP contribution in [0.5, 0.6) is 0 Å². The number of halogens is 1. The molecule has 5 heteroatoms. The number of thiocarbonyl (C=S) groups is 1. The van der Waals surface area contributed by atoms with E-state index in [4.69, 9.17) is 23.8 Å². The van der Waals surface area contributed by atoms with Gasteiger partial charge in [-0.3, -0.25) is 5.43 Å². The van der Waals surface area contributed by atoms with Gasteiger partial charge in [0.1, 0.15) is 0 Å². The fourth-order valence-corrected chi connectivity index (χ4v) is 1.52. The van der Waals surface area contributed by atoms with E-state index < -0.39 is 0 Å². The summed E-state index contributed by atoms with van der Waals surface area (Å²) >= 11 is 10.9. The molecule has 92 valence electrons. The van der Waals surface area contributed by atoms with Crippen LogP contribution in [0, 0.1) is 0 Å². The molecule has 0 unspecified atom stereocenters. The van der Waals surface area contributed by atoms with Gasteiger partial charge in [-0.2, -0.15) is 5.10 Å². The van der Waals surface area contributed by atoms with Crippen molar-refractivity contribution in [3.63, 3.8) is 0 Å². The van der Waals surface area contributed by atoms with Crippen molar-refractivity contribution in [3.8, 4) is 0 Å². The summed E-state index contributed by atoms with van der Waals surface area (Å²) in [6, 6.07) is 7.45. The molecule has 0 aliphatic carbocycles. The highest BCUT2D eigenvalue weighted by molar-refractivity contribution is 7.80. The first kappa shape index (κ1) is 13.9. The summed E-state index contributed by atoms with van der Waals surface area (Å²) in [4.78, 5) is 0. The molecule has 0 bridgehead atoms. The van der Waals surface area contributed by atoms with Gasteiger partial charge in [0.05, 0.1) is 6.21 Å². The van der Waals surface area contributed by atoms with E-state index in [1.165, 1.54) is 0 Å². The lowest BCUT2D eigenvalue weighted by atomic mass is 10.2. The van der Waals surface area contributed by atoms with Crippen molar-refractivity contribution in [1.82, 2.24) is 10.7 Å². The van der Waals surface area contributed by atoms with Crippen molar-refractivity contribution < 1.29 is 0 Å². The van der Waals surface area contributed by atoms with E-state index in [-0.39, 0.29) is 0 Å². The van der Waals surface area contributed by atoms with Gasteiger partial charge in [-0.05, 0) is 36.3 Å². The lowest BCUT2D eigenvalue weighted by molar-refractivity contribution is 0.745. The van der Waals surface area contributed by atoms with Gasteiger partial charge in [0.25, 0.3) is 0 Å². The summed E-state index contributed by atoms with van der Waals surface area (Å²) in [5.41, 5.74) is 3.69. The maximum absolute atomic E-state index is 5.85. The molecule has 0 radical (unpaired) electrons. The fraction of sp³-hybridized carbons (Fsp3) is 0.333. The number of hydrogen-bond acceptors (Lipinski definition) is 2. The number of hydrogen-bond donors (Lipinski definition) is 2. The van der Waals surface area contributed by atoms with Crippen LogP contribution in [0.25, 0.3) is 0 Å². The molecule has 1 aromatic carbocycles. The highest BCUT2D eigenvalue weighted by Gasteiger charge is 1.92. The summed E-state index contributed by atoms with van der Waals surface area (Å²) in [6.07, 6.45) is 3.92. The van der Waals surface area contributed by atoms with Crippen LogP contribution in [-0.2, 0) is 0 Å². The Balaban J connectivity index is 2.32. The number of nitrogens with one attached hydrogen (secondary N) is 2. The van der Waals surface area contributed by atoms with Gasteiger partial charge in [-0.1, -0.05) is 37.1 Å². The van der Waals surface area contributed by atoms with Crippen molar-refractivity contribution in [2.45, 2.75) is 19.8 Å². The quantitative estimate of drug-likeness (QED) is 0.373. The summed E-state index contributed by atoms with van der Waals surface area (Å²) in [7, 11) is 0. The van der Waals surface area contributed by atoms with Crippen LogP contribution in [0.2, 0.25) is 5.02 Å². The molecular weight excluding hydrogens is 254 g/mol. The Morgan fingerprint density at radius 2 is 2.35 bits per heavy atom. The van der Waals surface area contributed by atoms with Gasteiger partial charge in [0.15, 0.2) is 5.11 Å². The minimum absolute atomic E-state index is 0.539. The monoisotopic (exact) mass is 269 g/mol. The number of rotatable bonds is 5. The van der Waals surface area contributed by atoms with E-state index >= 15 is 0 Å². The Morgan fingerprint density at radius 1 is 1.53 bits per heavy atom. The first-order chi connectivity index (χ1) is 8.22. The molecule has 2 N–H and O–H groups in total. The molecule has 0 spiro atoms. The molecule has 0 aliphatic rings. The maximum Gasteiger partial charge on any atom is 0.186 e. The molecule has 0 heterocycles. The van der Waals surface area contributed by atoms with Crippen molar-refractivity contribution in [3.05, 3.63) is 34.9 Å². The highest BCUT2D eigenvalue weighted by atomic mass is 35.5. The second-order valence-corrected chi connectivity index (χ2v) is 4.38. The minimum Gasteiger partial charge on any atom is -0.361 e. The predicted octanol–water partition coefficient (Wildman–Crippen LogP) is 2.94. The molecule has 17 heavy (non-hydrogen) atoms. The van der Waals surface area contributed by atoms with E-state index in [9.17, 15) is 0 Å². The van der Waals surface area contributed by atoms with E-state index in [1.807, 2.05) is 24.3 Å². The van der Waals surface area contributed by atoms with Gasteiger partial charge in [0.2, 0.25) is 0 Å². The third kappa shape index (κ3) is 6.24. The molecule has 0 atom stereocenters. The third-order valence-corrected chi connectivity index (χ3v) is 2.51. The Morgan fingerprint density at radius 3 is 3.06 bits per heavy atom.